The first-order valence-electron chi connectivity index (χ1n) is 13.5. The highest BCUT2D eigenvalue weighted by atomic mass is 33.1. The van der Waals surface area contributed by atoms with Gasteiger partial charge in [0.2, 0.25) is 0 Å². The second-order valence-electron chi connectivity index (χ2n) is 10.7. The number of alkyl carbamates (subject to hydrolysis) is 2. The Labute approximate surface area is 252 Å². The maximum atomic E-state index is 12.5. The molecule has 41 heavy (non-hydrogen) atoms. The Balaban J connectivity index is 1.83. The summed E-state index contributed by atoms with van der Waals surface area (Å²) in [5.74, 6) is 0.818. The minimum absolute atomic E-state index is 0.0797. The molecule has 2 unspecified atom stereocenters. The summed E-state index contributed by atoms with van der Waals surface area (Å²) in [5.41, 5.74) is 1.46. The van der Waals surface area contributed by atoms with E-state index in [1.54, 1.807) is 0 Å². The molecule has 9 nitrogen and oxygen atoms in total. The average Bonchev–Trinajstić information content (AvgIpc) is 2.95. The monoisotopic (exact) mass is 626 g/mol. The molecule has 0 radical (unpaired) electrons. The predicted octanol–water partition coefficient (Wildman–Crippen LogP) is 6.15. The molecule has 0 saturated heterocycles. The molecule has 0 fully saturated rings. The van der Waals surface area contributed by atoms with Crippen molar-refractivity contribution >= 4 is 43.9 Å². The van der Waals surface area contributed by atoms with E-state index >= 15 is 0 Å². The Morgan fingerprint density at radius 2 is 1.27 bits per heavy atom. The molecule has 12 heteroatoms. The van der Waals surface area contributed by atoms with Gasteiger partial charge in [-0.05, 0) is 29.4 Å². The number of nitrogens with one attached hydrogen (secondary N) is 2. The zero-order valence-electron chi connectivity index (χ0n) is 24.2. The lowest BCUT2D eigenvalue weighted by Gasteiger charge is -2.21. The lowest BCUT2D eigenvalue weighted by Crippen LogP contribution is -2.38. The van der Waals surface area contributed by atoms with Crippen molar-refractivity contribution in [3.63, 3.8) is 0 Å². The van der Waals surface area contributed by atoms with Crippen molar-refractivity contribution in [3.8, 4) is 0 Å². The fourth-order valence-electron chi connectivity index (χ4n) is 3.19. The Morgan fingerprint density at radius 3 is 1.73 bits per heavy atom. The van der Waals surface area contributed by atoms with E-state index in [9.17, 15) is 18.0 Å². The summed E-state index contributed by atoms with van der Waals surface area (Å²) >= 11 is 0. The van der Waals surface area contributed by atoms with Crippen LogP contribution in [-0.4, -0.2) is 56.6 Å². The summed E-state index contributed by atoms with van der Waals surface area (Å²) in [6.07, 6.45) is -0.216. The normalized spacial score (nSPS) is 13.2. The van der Waals surface area contributed by atoms with E-state index in [4.69, 9.17) is 13.7 Å². The average molecular weight is 627 g/mol. The second kappa shape index (κ2) is 18.2. The molecule has 0 bridgehead atoms. The number of benzene rings is 2. The van der Waals surface area contributed by atoms with Gasteiger partial charge >= 0.3 is 12.2 Å². The van der Waals surface area contributed by atoms with E-state index in [-0.39, 0.29) is 43.5 Å². The molecule has 0 saturated carbocycles. The van der Waals surface area contributed by atoms with Gasteiger partial charge in [0.1, 0.15) is 13.2 Å². The molecule has 0 heterocycles. The number of rotatable bonds is 17. The Morgan fingerprint density at radius 1 is 0.805 bits per heavy atom. The van der Waals surface area contributed by atoms with Crippen LogP contribution in [0.15, 0.2) is 60.7 Å². The van der Waals surface area contributed by atoms with E-state index in [0.717, 1.165) is 11.1 Å². The largest absolute Gasteiger partial charge is 0.445 e. The van der Waals surface area contributed by atoms with E-state index in [0.29, 0.717) is 17.9 Å². The molecule has 0 aliphatic carbocycles. The summed E-state index contributed by atoms with van der Waals surface area (Å²) in [5, 5.41) is 5.67. The van der Waals surface area contributed by atoms with E-state index < -0.39 is 28.3 Å². The number of hydrogen-bond donors (Lipinski definition) is 2. The quantitative estimate of drug-likeness (QED) is 0.121. The van der Waals surface area contributed by atoms with E-state index in [2.05, 4.69) is 10.6 Å². The zero-order chi connectivity index (χ0) is 30.1. The standard InChI is InChI=1S/C29H42N2O7S3/c1-5-25(30-27(32)36-18-23-12-8-6-9-13-23)20-39-40-21-26(16-17-41(34,35)38-22-29(2,3)4)31-28(33)37-19-24-14-10-7-11-15-24/h6-15,25-26H,5,16-22H2,1-4H3,(H,30,32)(H,31,33). The Bertz CT molecular complexity index is 1140. The van der Waals surface area contributed by atoms with Gasteiger partial charge in [-0.3, -0.25) is 4.18 Å². The van der Waals surface area contributed by atoms with Crippen LogP contribution in [-0.2, 0) is 37.0 Å². The Kier molecular flexibility index (Phi) is 15.4. The first-order valence-corrected chi connectivity index (χ1v) is 17.6. The van der Waals surface area contributed by atoms with Gasteiger partial charge < -0.3 is 20.1 Å². The second-order valence-corrected chi connectivity index (χ2v) is 15.0. The molecule has 2 atom stereocenters. The van der Waals surface area contributed by atoms with Crippen LogP contribution in [0, 0.1) is 5.41 Å². The highest BCUT2D eigenvalue weighted by molar-refractivity contribution is 8.76. The molecular weight excluding hydrogens is 585 g/mol. The van der Waals surface area contributed by atoms with Gasteiger partial charge in [-0.2, -0.15) is 8.42 Å². The predicted molar refractivity (Wildman–Crippen MR) is 166 cm³/mol. The molecule has 2 N–H and O–H groups in total. The van der Waals surface area contributed by atoms with Crippen molar-refractivity contribution < 1.29 is 31.7 Å². The maximum absolute atomic E-state index is 12.5. The third-order valence-corrected chi connectivity index (χ3v) is 9.34. The van der Waals surface area contributed by atoms with Crippen LogP contribution in [0.25, 0.3) is 0 Å². The van der Waals surface area contributed by atoms with Crippen LogP contribution < -0.4 is 10.6 Å². The van der Waals surface area contributed by atoms with Crippen LogP contribution in [0.4, 0.5) is 9.59 Å². The smallest absolute Gasteiger partial charge is 0.407 e. The van der Waals surface area contributed by atoms with Gasteiger partial charge in [0.05, 0.1) is 12.4 Å². The molecule has 2 rings (SSSR count). The van der Waals surface area contributed by atoms with Gasteiger partial charge in [-0.15, -0.1) is 0 Å². The first kappa shape index (κ1) is 34.8. The highest BCUT2D eigenvalue weighted by Crippen LogP contribution is 2.25. The third kappa shape index (κ3) is 16.6. The topological polar surface area (TPSA) is 120 Å². The van der Waals surface area contributed by atoms with Crippen molar-refractivity contribution in [2.75, 3.05) is 23.9 Å². The maximum Gasteiger partial charge on any atom is 0.407 e. The molecule has 2 aromatic carbocycles. The fraction of sp³-hybridized carbons (Fsp3) is 0.517. The van der Waals surface area contributed by atoms with Crippen LogP contribution in [0.5, 0.6) is 0 Å². The number of carbonyl (C=O) groups excluding carboxylic acids is 2. The van der Waals surface area contributed by atoms with Gasteiger partial charge in [0.25, 0.3) is 10.1 Å². The van der Waals surface area contributed by atoms with Crippen molar-refractivity contribution in [2.45, 2.75) is 65.8 Å². The van der Waals surface area contributed by atoms with Crippen molar-refractivity contribution in [1.29, 1.82) is 0 Å². The lowest BCUT2D eigenvalue weighted by atomic mass is 9.99. The first-order chi connectivity index (χ1) is 19.5. The summed E-state index contributed by atoms with van der Waals surface area (Å²) in [6.45, 7) is 8.04. The lowest BCUT2D eigenvalue weighted by molar-refractivity contribution is 0.135. The summed E-state index contributed by atoms with van der Waals surface area (Å²) < 4.78 is 40.7. The minimum Gasteiger partial charge on any atom is -0.445 e. The molecule has 2 aromatic rings. The highest BCUT2D eigenvalue weighted by Gasteiger charge is 2.22. The van der Waals surface area contributed by atoms with Crippen molar-refractivity contribution in [2.24, 2.45) is 5.41 Å². The van der Waals surface area contributed by atoms with Crippen LogP contribution in [0.2, 0.25) is 0 Å². The van der Waals surface area contributed by atoms with Crippen LogP contribution in [0.1, 0.15) is 51.7 Å². The molecule has 228 valence electrons. The van der Waals surface area contributed by atoms with Crippen LogP contribution >= 0.6 is 21.6 Å². The number of ether oxygens (including phenoxy) is 2. The minimum atomic E-state index is -3.76. The van der Waals surface area contributed by atoms with Crippen LogP contribution in [0.3, 0.4) is 0 Å². The number of hydrogen-bond acceptors (Lipinski definition) is 9. The molecule has 0 aliphatic heterocycles. The van der Waals surface area contributed by atoms with Gasteiger partial charge in [0, 0.05) is 23.6 Å². The summed E-state index contributed by atoms with van der Waals surface area (Å²) in [6, 6.07) is 18.2. The number of carbonyl (C=O) groups is 2. The van der Waals surface area contributed by atoms with E-state index in [1.165, 1.54) is 21.6 Å². The molecule has 0 spiro atoms. The zero-order valence-corrected chi connectivity index (χ0v) is 26.6. The summed E-state index contributed by atoms with van der Waals surface area (Å²) in [7, 11) is -0.743. The van der Waals surface area contributed by atoms with Gasteiger partial charge in [-0.25, -0.2) is 9.59 Å². The SMILES string of the molecule is CCC(CSSCC(CCS(=O)(=O)OCC(C)(C)C)NC(=O)OCc1ccccc1)NC(=O)OCc1ccccc1. The molecule has 2 amide bonds. The molecule has 0 aromatic heterocycles. The van der Waals surface area contributed by atoms with Gasteiger partial charge in [0.15, 0.2) is 0 Å². The Hall–Kier alpha value is -2.41. The van der Waals surface area contributed by atoms with Gasteiger partial charge in [-0.1, -0.05) is 110 Å². The molecule has 0 aliphatic rings. The fourth-order valence-corrected chi connectivity index (χ4v) is 7.07. The van der Waals surface area contributed by atoms with E-state index in [1.807, 2.05) is 88.4 Å². The van der Waals surface area contributed by atoms with Crippen molar-refractivity contribution in [1.82, 2.24) is 10.6 Å². The van der Waals surface area contributed by atoms with Crippen molar-refractivity contribution in [3.05, 3.63) is 71.8 Å². The number of amides is 2. The third-order valence-electron chi connectivity index (χ3n) is 5.57. The molecular formula is C29H42N2O7S3. The summed E-state index contributed by atoms with van der Waals surface area (Å²) in [4.78, 5) is 24.7.